The van der Waals surface area contributed by atoms with Crippen LogP contribution in [0.5, 0.6) is 0 Å². The Morgan fingerprint density at radius 3 is 1.03 bits per heavy atom. The second-order valence-corrected chi connectivity index (χ2v) is 44.3. The van der Waals surface area contributed by atoms with E-state index in [9.17, 15) is 0 Å². The molecule has 0 aromatic heterocycles. The van der Waals surface area contributed by atoms with Gasteiger partial charge in [-0.25, -0.2) is 0 Å². The van der Waals surface area contributed by atoms with E-state index in [2.05, 4.69) is 72.1 Å². The topological polar surface area (TPSA) is 6.48 Å². The summed E-state index contributed by atoms with van der Waals surface area (Å²) in [5.74, 6) is 25.9. The fourth-order valence-electron chi connectivity index (χ4n) is 33.9. The number of nitrogens with zero attached hydrogens (tertiary/aromatic N) is 2. The SMILES string of the molecule is CC(C)(C)C1CC(C2CCCCC2)C(N2C3CCC(C4CCCCC4)CC3B3C4CCC(C5CCC6C7CCCC8CCCC(C9CCCC5C96)C87)CC4N(C4C(C5CCCCC5)CC(C(C)(C)C)CC4C4CCCCC4)C4CC(C(C)(C)C)CC2C34)C(C2CCCCC2)C1. The van der Waals surface area contributed by atoms with Crippen molar-refractivity contribution in [3.05, 3.63) is 0 Å². The lowest BCUT2D eigenvalue weighted by Crippen LogP contribution is -2.77. The van der Waals surface area contributed by atoms with Gasteiger partial charge in [-0.15, -0.1) is 0 Å². The van der Waals surface area contributed by atoms with Crippen LogP contribution >= 0.6 is 0 Å². The molecule has 0 spiro atoms. The van der Waals surface area contributed by atoms with Gasteiger partial charge < -0.3 is 0 Å². The van der Waals surface area contributed by atoms with Crippen molar-refractivity contribution >= 4 is 6.71 Å². The summed E-state index contributed by atoms with van der Waals surface area (Å²) in [4.78, 5) is 7.88. The smallest absolute Gasteiger partial charge is 0.156 e. The average Bonchev–Trinajstić information content (AvgIpc) is 0.691. The molecule has 0 radical (unpaired) electrons. The van der Waals surface area contributed by atoms with E-state index in [1.165, 1.54) is 83.5 Å². The third-order valence-corrected chi connectivity index (χ3v) is 37.8. The van der Waals surface area contributed by atoms with Gasteiger partial charge in [-0.1, -0.05) is 274 Å². The lowest BCUT2D eigenvalue weighted by atomic mass is 9.17. The van der Waals surface area contributed by atoms with Crippen molar-refractivity contribution < 1.29 is 0 Å². The molecule has 2 heterocycles. The van der Waals surface area contributed by atoms with Crippen molar-refractivity contribution in [2.45, 2.75) is 424 Å². The van der Waals surface area contributed by atoms with Crippen LogP contribution < -0.4 is 0 Å². The van der Waals surface area contributed by atoms with Crippen LogP contribution in [-0.4, -0.2) is 52.8 Å². The van der Waals surface area contributed by atoms with E-state index in [1.54, 1.807) is 225 Å². The summed E-state index contributed by atoms with van der Waals surface area (Å²) in [6.07, 6.45) is 75.8. The lowest BCUT2D eigenvalue weighted by molar-refractivity contribution is -0.163. The Hall–Kier alpha value is -0.0151. The molecule has 2 aliphatic heterocycles. The molecule has 0 aromatic rings. The molecule has 23 unspecified atom stereocenters. The first kappa shape index (κ1) is 68.1. The summed E-state index contributed by atoms with van der Waals surface area (Å²) in [6.45, 7) is 26.0. The van der Waals surface area contributed by atoms with Crippen molar-refractivity contribution in [2.75, 3.05) is 0 Å². The van der Waals surface area contributed by atoms with Crippen LogP contribution in [0, 0.1) is 152 Å². The van der Waals surface area contributed by atoms with Gasteiger partial charge in [0.25, 0.3) is 0 Å². The number of fused-ring (bicyclic) bond motifs is 6. The van der Waals surface area contributed by atoms with E-state index in [1.807, 2.05) is 0 Å². The monoisotopic (exact) mass is 1300 g/mol. The highest BCUT2D eigenvalue weighted by Gasteiger charge is 2.70. The number of hydrogen-bond acceptors (Lipinski definition) is 2. The van der Waals surface area contributed by atoms with E-state index in [0.29, 0.717) is 16.2 Å². The minimum absolute atomic E-state index is 0.343. The fourth-order valence-corrected chi connectivity index (χ4v) is 33.9. The zero-order chi connectivity index (χ0) is 64.6. The van der Waals surface area contributed by atoms with Crippen molar-refractivity contribution in [3.8, 4) is 0 Å². The maximum Gasteiger partial charge on any atom is 0.156 e. The molecule has 17 rings (SSSR count). The summed E-state index contributed by atoms with van der Waals surface area (Å²) >= 11 is 0. The van der Waals surface area contributed by atoms with Gasteiger partial charge in [0.05, 0.1) is 0 Å². The molecule has 0 amide bonds. The highest BCUT2D eigenvalue weighted by atomic mass is 15.3. The van der Waals surface area contributed by atoms with Crippen LogP contribution in [0.15, 0.2) is 0 Å². The molecule has 15 aliphatic carbocycles. The molecule has 3 heteroatoms. The van der Waals surface area contributed by atoms with Gasteiger partial charge in [0.1, 0.15) is 0 Å². The van der Waals surface area contributed by atoms with Crippen LogP contribution in [0.3, 0.4) is 0 Å². The first-order chi connectivity index (χ1) is 46.0. The molecule has 17 aliphatic rings. The molecule has 15 saturated carbocycles. The van der Waals surface area contributed by atoms with Gasteiger partial charge in [0, 0.05) is 36.3 Å². The van der Waals surface area contributed by atoms with Gasteiger partial charge in [0.2, 0.25) is 0 Å². The van der Waals surface area contributed by atoms with Gasteiger partial charge in [-0.05, 0) is 266 Å². The summed E-state index contributed by atoms with van der Waals surface area (Å²) in [5.41, 5.74) is 1.15. The molecular weight excluding hydrogens is 1140 g/mol. The molecule has 17 fully saturated rings. The zero-order valence-electron chi connectivity index (χ0n) is 64.4. The molecule has 95 heavy (non-hydrogen) atoms. The third kappa shape index (κ3) is 12.6. The molecule has 0 bridgehead atoms. The van der Waals surface area contributed by atoms with Gasteiger partial charge in [-0.2, -0.15) is 0 Å². The molecule has 23 atom stereocenters. The summed E-state index contributed by atoms with van der Waals surface area (Å²) < 4.78 is 0. The van der Waals surface area contributed by atoms with Crippen LogP contribution in [-0.2, 0) is 0 Å². The van der Waals surface area contributed by atoms with Crippen LogP contribution in [0.2, 0.25) is 17.5 Å². The van der Waals surface area contributed by atoms with Crippen LogP contribution in [0.25, 0.3) is 0 Å². The number of rotatable bonds is 8. The predicted molar refractivity (Wildman–Crippen MR) is 404 cm³/mol. The van der Waals surface area contributed by atoms with E-state index in [0.717, 1.165) is 197 Å². The normalized spacial score (nSPS) is 49.0. The molecular formula is C92H155BN2. The van der Waals surface area contributed by atoms with E-state index < -0.39 is 0 Å². The van der Waals surface area contributed by atoms with Gasteiger partial charge in [-0.3, -0.25) is 9.80 Å². The van der Waals surface area contributed by atoms with Crippen molar-refractivity contribution in [1.29, 1.82) is 0 Å². The van der Waals surface area contributed by atoms with Gasteiger partial charge in [0.15, 0.2) is 6.71 Å². The van der Waals surface area contributed by atoms with Crippen LogP contribution in [0.1, 0.15) is 371 Å². The molecule has 536 valence electrons. The summed E-state index contributed by atoms with van der Waals surface area (Å²) in [6, 6.07) is 5.00. The Morgan fingerprint density at radius 2 is 0.579 bits per heavy atom. The summed E-state index contributed by atoms with van der Waals surface area (Å²) in [5, 5.41) is 0. The lowest BCUT2D eigenvalue weighted by Gasteiger charge is -2.73. The Kier molecular flexibility index (Phi) is 19.9. The standard InChI is InChI=1S/C92H155BN2/c1-90(2,3)66-52-75(59-30-17-11-18-31-59)88(76(53-66)60-32-19-12-20-33-60)94-81-49-45-64(58-28-15-10-16-29-58)50-80(81)93-79-48-44-65(69-46-47-74-72-41-26-39-63-38-25-40-71(85(63)72)73-43-27-42-70(69)86(73)74)51-82(79)95(84-57-68(92(7,8)9)56-83(94)87(84)93)89-77(61-34-21-13-22-35-61)54-67(91(4,5)6)55-78(89)62-36-23-14-24-37-62/h58-89H,10-57H2,1-9H3. The molecule has 2 saturated heterocycles. The molecule has 2 nitrogen and oxygen atoms in total. The third-order valence-electron chi connectivity index (χ3n) is 37.8. The highest BCUT2D eigenvalue weighted by Crippen LogP contribution is 2.72. The van der Waals surface area contributed by atoms with E-state index >= 15 is 0 Å². The first-order valence-corrected chi connectivity index (χ1v) is 45.6. The van der Waals surface area contributed by atoms with Crippen molar-refractivity contribution in [1.82, 2.24) is 9.80 Å². The largest absolute Gasteiger partial charge is 0.295 e. The average molecular weight is 1300 g/mol. The quantitative estimate of drug-likeness (QED) is 0.224. The summed E-state index contributed by atoms with van der Waals surface area (Å²) in [7, 11) is 0. The number of hydrogen-bond donors (Lipinski definition) is 0. The minimum atomic E-state index is 0.343. The van der Waals surface area contributed by atoms with E-state index in [-0.39, 0.29) is 0 Å². The van der Waals surface area contributed by atoms with Gasteiger partial charge >= 0.3 is 0 Å². The zero-order valence-corrected chi connectivity index (χ0v) is 64.4. The minimum Gasteiger partial charge on any atom is -0.295 e. The van der Waals surface area contributed by atoms with Crippen molar-refractivity contribution in [2.24, 2.45) is 152 Å². The fraction of sp³-hybridized carbons (Fsp3) is 1.00. The second-order valence-electron chi connectivity index (χ2n) is 44.3. The second kappa shape index (κ2) is 27.8. The Bertz CT molecular complexity index is 2420. The first-order valence-electron chi connectivity index (χ1n) is 45.6. The van der Waals surface area contributed by atoms with Crippen molar-refractivity contribution in [3.63, 3.8) is 0 Å². The maximum atomic E-state index is 3.98. The Labute approximate surface area is 589 Å². The molecule has 0 N–H and O–H groups in total. The predicted octanol–water partition coefficient (Wildman–Crippen LogP) is 25.7. The van der Waals surface area contributed by atoms with E-state index in [4.69, 9.17) is 0 Å². The molecule has 0 aromatic carbocycles. The Balaban J connectivity index is 0.836. The van der Waals surface area contributed by atoms with Crippen LogP contribution in [0.4, 0.5) is 0 Å². The highest BCUT2D eigenvalue weighted by molar-refractivity contribution is 6.65. The Morgan fingerprint density at radius 1 is 0.221 bits per heavy atom. The maximum absolute atomic E-state index is 3.98.